The summed E-state index contributed by atoms with van der Waals surface area (Å²) in [5, 5.41) is 28.4. The van der Waals surface area contributed by atoms with E-state index in [-0.39, 0.29) is 17.1 Å². The zero-order chi connectivity index (χ0) is 17.3. The number of allylic oxidation sites excluding steroid dienone is 2. The van der Waals surface area contributed by atoms with Gasteiger partial charge in [-0.05, 0) is 23.3 Å². The summed E-state index contributed by atoms with van der Waals surface area (Å²) in [4.78, 5) is 0.203. The molecule has 0 aromatic heterocycles. The molecule has 0 heterocycles. The summed E-state index contributed by atoms with van der Waals surface area (Å²) >= 11 is 0. The number of benzene rings is 1. The average Bonchev–Trinajstić information content (AvgIpc) is 2.54. The second-order valence-corrected chi connectivity index (χ2v) is 7.94. The fourth-order valence-electron chi connectivity index (χ4n) is 2.73. The first kappa shape index (κ1) is 16.6. The minimum absolute atomic E-state index is 0.0414. The molecule has 3 unspecified atom stereocenters. The van der Waals surface area contributed by atoms with Gasteiger partial charge in [0.25, 0.3) is 0 Å². The van der Waals surface area contributed by atoms with E-state index in [4.69, 9.17) is 0 Å². The Hall–Kier alpha value is -2.25. The zero-order valence-corrected chi connectivity index (χ0v) is 13.9. The van der Waals surface area contributed by atoms with Crippen LogP contribution in [0.1, 0.15) is 23.6 Å². The average molecular weight is 346 g/mol. The highest BCUT2D eigenvalue weighted by Gasteiger charge is 2.27. The molecule has 2 N–H and O–H groups in total. The second kappa shape index (κ2) is 6.33. The minimum Gasteiger partial charge on any atom is -0.510 e. The van der Waals surface area contributed by atoms with Crippen molar-refractivity contribution in [2.24, 2.45) is 10.2 Å². The standard InChI is InChI=1S/C17H18N2O4S/c1-24(22,23)12-7-9-15(20)14(10-12)18-19-17-13-5-3-2-4-11(13)6-8-16(17)21/h2-9,14,16-17,20-21H,10H2,1H3/b19-18+. The third-order valence-electron chi connectivity index (χ3n) is 4.09. The van der Waals surface area contributed by atoms with Gasteiger partial charge in [-0.15, -0.1) is 0 Å². The Labute approximate surface area is 140 Å². The van der Waals surface area contributed by atoms with Crippen LogP contribution in [-0.2, 0) is 9.84 Å². The lowest BCUT2D eigenvalue weighted by Crippen LogP contribution is -2.20. The molecular formula is C17H18N2O4S. The van der Waals surface area contributed by atoms with E-state index >= 15 is 0 Å². The number of fused-ring (bicyclic) bond motifs is 1. The van der Waals surface area contributed by atoms with Crippen LogP contribution in [0, 0.1) is 0 Å². The summed E-state index contributed by atoms with van der Waals surface area (Å²) in [5.41, 5.74) is 1.79. The summed E-state index contributed by atoms with van der Waals surface area (Å²) in [6.07, 6.45) is 6.54. The molecule has 126 valence electrons. The van der Waals surface area contributed by atoms with Gasteiger partial charge in [0.05, 0.1) is 0 Å². The first-order chi connectivity index (χ1) is 11.4. The van der Waals surface area contributed by atoms with E-state index in [1.54, 1.807) is 6.08 Å². The molecule has 2 aliphatic rings. The van der Waals surface area contributed by atoms with Crippen LogP contribution < -0.4 is 0 Å². The SMILES string of the molecule is CS(=O)(=O)C1=CC=C(O)C(/N=N/C2c3ccccc3C=CC2O)C1. The first-order valence-electron chi connectivity index (χ1n) is 7.51. The molecule has 1 aromatic carbocycles. The molecule has 3 atom stereocenters. The van der Waals surface area contributed by atoms with Crippen molar-refractivity contribution in [1.82, 2.24) is 0 Å². The predicted molar refractivity (Wildman–Crippen MR) is 91.1 cm³/mol. The predicted octanol–water partition coefficient (Wildman–Crippen LogP) is 2.71. The van der Waals surface area contributed by atoms with Crippen molar-refractivity contribution in [3.05, 3.63) is 64.3 Å². The highest BCUT2D eigenvalue weighted by molar-refractivity contribution is 7.94. The number of azo groups is 1. The molecule has 0 radical (unpaired) electrons. The van der Waals surface area contributed by atoms with Crippen LogP contribution in [0.25, 0.3) is 6.08 Å². The lowest BCUT2D eigenvalue weighted by Gasteiger charge is -2.23. The largest absolute Gasteiger partial charge is 0.510 e. The lowest BCUT2D eigenvalue weighted by molar-refractivity contribution is 0.187. The molecule has 1 aromatic rings. The van der Waals surface area contributed by atoms with Crippen molar-refractivity contribution in [2.75, 3.05) is 6.26 Å². The third-order valence-corrected chi connectivity index (χ3v) is 5.35. The highest BCUT2D eigenvalue weighted by Crippen LogP contribution is 2.32. The van der Waals surface area contributed by atoms with Gasteiger partial charge < -0.3 is 10.2 Å². The van der Waals surface area contributed by atoms with Gasteiger partial charge in [0.1, 0.15) is 23.9 Å². The number of hydrogen-bond donors (Lipinski definition) is 2. The molecule has 6 nitrogen and oxygen atoms in total. The highest BCUT2D eigenvalue weighted by atomic mass is 32.2. The van der Waals surface area contributed by atoms with Crippen LogP contribution in [0.5, 0.6) is 0 Å². The van der Waals surface area contributed by atoms with Crippen molar-refractivity contribution < 1.29 is 18.6 Å². The van der Waals surface area contributed by atoms with Gasteiger partial charge in [-0.2, -0.15) is 10.2 Å². The summed E-state index contributed by atoms with van der Waals surface area (Å²) < 4.78 is 23.3. The van der Waals surface area contributed by atoms with E-state index in [9.17, 15) is 18.6 Å². The van der Waals surface area contributed by atoms with E-state index in [2.05, 4.69) is 10.2 Å². The van der Waals surface area contributed by atoms with Gasteiger partial charge in [0, 0.05) is 17.6 Å². The monoisotopic (exact) mass is 346 g/mol. The van der Waals surface area contributed by atoms with E-state index in [1.807, 2.05) is 30.3 Å². The second-order valence-electron chi connectivity index (χ2n) is 5.87. The van der Waals surface area contributed by atoms with Crippen molar-refractivity contribution >= 4 is 15.9 Å². The molecule has 3 rings (SSSR count). The molecule has 0 amide bonds. The fraction of sp³-hybridized carbons (Fsp3) is 0.294. The molecule has 2 aliphatic carbocycles. The first-order valence-corrected chi connectivity index (χ1v) is 9.40. The Balaban J connectivity index is 1.85. The zero-order valence-electron chi connectivity index (χ0n) is 13.1. The molecule has 0 fully saturated rings. The van der Waals surface area contributed by atoms with E-state index < -0.39 is 28.0 Å². The topological polar surface area (TPSA) is 99.3 Å². The number of sulfone groups is 1. The summed E-state index contributed by atoms with van der Waals surface area (Å²) in [7, 11) is -3.34. The summed E-state index contributed by atoms with van der Waals surface area (Å²) in [6, 6.07) is 6.20. The smallest absolute Gasteiger partial charge is 0.171 e. The van der Waals surface area contributed by atoms with Gasteiger partial charge in [-0.3, -0.25) is 0 Å². The minimum atomic E-state index is -3.34. The molecule has 24 heavy (non-hydrogen) atoms. The Bertz CT molecular complexity index is 868. The molecule has 0 spiro atoms. The van der Waals surface area contributed by atoms with E-state index in [0.29, 0.717) is 0 Å². The molecule has 0 saturated heterocycles. The van der Waals surface area contributed by atoms with Crippen LogP contribution >= 0.6 is 0 Å². The number of hydrogen-bond acceptors (Lipinski definition) is 6. The number of nitrogens with zero attached hydrogens (tertiary/aromatic N) is 2. The summed E-state index contributed by atoms with van der Waals surface area (Å²) in [6.45, 7) is 0. The molecule has 0 aliphatic heterocycles. The maximum Gasteiger partial charge on any atom is 0.171 e. The Kier molecular flexibility index (Phi) is 4.38. The quantitative estimate of drug-likeness (QED) is 0.822. The maximum absolute atomic E-state index is 11.7. The van der Waals surface area contributed by atoms with Gasteiger partial charge in [0.2, 0.25) is 0 Å². The van der Waals surface area contributed by atoms with Crippen molar-refractivity contribution in [3.8, 4) is 0 Å². The normalized spacial score (nSPS) is 26.8. The van der Waals surface area contributed by atoms with E-state index in [1.165, 1.54) is 12.2 Å². The Morgan fingerprint density at radius 3 is 2.67 bits per heavy atom. The number of aliphatic hydroxyl groups excluding tert-OH is 2. The van der Waals surface area contributed by atoms with Crippen molar-refractivity contribution in [1.29, 1.82) is 0 Å². The third kappa shape index (κ3) is 3.32. The van der Waals surface area contributed by atoms with Crippen LogP contribution in [0.15, 0.2) is 63.4 Å². The van der Waals surface area contributed by atoms with E-state index in [0.717, 1.165) is 17.4 Å². The Morgan fingerprint density at radius 2 is 1.92 bits per heavy atom. The van der Waals surface area contributed by atoms with Crippen LogP contribution in [0.2, 0.25) is 0 Å². The van der Waals surface area contributed by atoms with Gasteiger partial charge >= 0.3 is 0 Å². The number of rotatable bonds is 3. The van der Waals surface area contributed by atoms with Gasteiger partial charge in [-0.25, -0.2) is 8.42 Å². The molecule has 0 saturated carbocycles. The van der Waals surface area contributed by atoms with Gasteiger partial charge in [-0.1, -0.05) is 36.4 Å². The fourth-order valence-corrected chi connectivity index (χ4v) is 3.51. The summed E-state index contributed by atoms with van der Waals surface area (Å²) in [5.74, 6) is -0.0414. The molecule has 0 bridgehead atoms. The lowest BCUT2D eigenvalue weighted by atomic mass is 9.91. The molecule has 7 heteroatoms. The Morgan fingerprint density at radius 1 is 1.17 bits per heavy atom. The van der Waals surface area contributed by atoms with Gasteiger partial charge in [0.15, 0.2) is 9.84 Å². The maximum atomic E-state index is 11.7. The van der Waals surface area contributed by atoms with Crippen LogP contribution in [0.4, 0.5) is 0 Å². The van der Waals surface area contributed by atoms with Crippen LogP contribution in [0.3, 0.4) is 0 Å². The number of aliphatic hydroxyl groups is 2. The van der Waals surface area contributed by atoms with Crippen LogP contribution in [-0.4, -0.2) is 37.0 Å². The van der Waals surface area contributed by atoms with Crippen molar-refractivity contribution in [3.63, 3.8) is 0 Å². The van der Waals surface area contributed by atoms with Crippen molar-refractivity contribution in [2.45, 2.75) is 24.6 Å². The molecular weight excluding hydrogens is 328 g/mol.